The Balaban J connectivity index is 1.33. The zero-order valence-corrected chi connectivity index (χ0v) is 16.5. The van der Waals surface area contributed by atoms with Crippen molar-refractivity contribution in [2.45, 2.75) is 19.4 Å². The molecule has 0 N–H and O–H groups in total. The molecule has 4 rings (SSSR count). The summed E-state index contributed by atoms with van der Waals surface area (Å²) >= 11 is 5.02. The van der Waals surface area contributed by atoms with E-state index in [0.717, 1.165) is 40.8 Å². The van der Waals surface area contributed by atoms with Crippen LogP contribution in [0.2, 0.25) is 0 Å². The summed E-state index contributed by atoms with van der Waals surface area (Å²) in [7, 11) is 0. The Morgan fingerprint density at radius 1 is 1.27 bits per heavy atom. The van der Waals surface area contributed by atoms with Crippen LogP contribution in [0.25, 0.3) is 10.7 Å². The average molecular weight is 432 g/mol. The van der Waals surface area contributed by atoms with Crippen molar-refractivity contribution in [2.24, 2.45) is 5.92 Å². The number of benzene rings is 1. The number of nitrogens with zero attached hydrogens (tertiary/aromatic N) is 3. The summed E-state index contributed by atoms with van der Waals surface area (Å²) in [5.74, 6) is 1.62. The van der Waals surface area contributed by atoms with E-state index in [1.807, 2.05) is 41.8 Å². The molecule has 0 aliphatic carbocycles. The third-order valence-electron chi connectivity index (χ3n) is 4.63. The van der Waals surface area contributed by atoms with Crippen molar-refractivity contribution in [2.75, 3.05) is 13.1 Å². The lowest BCUT2D eigenvalue weighted by Gasteiger charge is -2.30. The number of piperidine rings is 1. The number of Topliss-reactive ketones (excluding diaryl/α,β-unsaturated/α-hetero) is 1. The first-order chi connectivity index (χ1) is 12.7. The predicted octanol–water partition coefficient (Wildman–Crippen LogP) is 4.66. The van der Waals surface area contributed by atoms with Crippen molar-refractivity contribution >= 4 is 33.0 Å². The molecule has 134 valence electrons. The number of hydrogen-bond donors (Lipinski definition) is 0. The summed E-state index contributed by atoms with van der Waals surface area (Å²) in [4.78, 5) is 20.3. The third-order valence-corrected chi connectivity index (χ3v) is 6.32. The minimum atomic E-state index is 0.107. The molecule has 0 radical (unpaired) electrons. The first-order valence-corrected chi connectivity index (χ1v) is 10.2. The Hall–Kier alpha value is -1.83. The molecule has 0 spiro atoms. The van der Waals surface area contributed by atoms with E-state index in [4.69, 9.17) is 4.52 Å². The molecule has 0 amide bonds. The molecule has 2 aromatic heterocycles. The van der Waals surface area contributed by atoms with Crippen molar-refractivity contribution in [3.63, 3.8) is 0 Å². The van der Waals surface area contributed by atoms with Gasteiger partial charge in [0.1, 0.15) is 0 Å². The molecule has 1 fully saturated rings. The molecule has 7 heteroatoms. The van der Waals surface area contributed by atoms with Gasteiger partial charge in [-0.15, -0.1) is 11.3 Å². The number of rotatable bonds is 5. The Bertz CT molecular complexity index is 885. The minimum absolute atomic E-state index is 0.107. The van der Waals surface area contributed by atoms with Gasteiger partial charge in [-0.05, 0) is 47.9 Å². The van der Waals surface area contributed by atoms with Crippen LogP contribution < -0.4 is 0 Å². The largest absolute Gasteiger partial charge is 0.338 e. The smallest absolute Gasteiger partial charge is 0.241 e. The van der Waals surface area contributed by atoms with Crippen LogP contribution in [-0.4, -0.2) is 33.9 Å². The normalized spacial score (nSPS) is 16.0. The van der Waals surface area contributed by atoms with Gasteiger partial charge in [0.2, 0.25) is 11.7 Å². The molecule has 1 aliphatic rings. The van der Waals surface area contributed by atoms with Crippen LogP contribution in [0.5, 0.6) is 0 Å². The molecule has 26 heavy (non-hydrogen) atoms. The Kier molecular flexibility index (Phi) is 5.28. The molecule has 0 saturated carbocycles. The fraction of sp³-hybridized carbons (Fsp3) is 0.316. The summed E-state index contributed by atoms with van der Waals surface area (Å²) in [6.45, 7) is 2.36. The fourth-order valence-corrected chi connectivity index (χ4v) is 4.58. The van der Waals surface area contributed by atoms with Gasteiger partial charge < -0.3 is 4.52 Å². The maximum atomic E-state index is 12.6. The zero-order valence-electron chi connectivity index (χ0n) is 14.1. The van der Waals surface area contributed by atoms with E-state index in [0.29, 0.717) is 18.3 Å². The molecule has 1 aliphatic heterocycles. The highest BCUT2D eigenvalue weighted by molar-refractivity contribution is 9.10. The highest BCUT2D eigenvalue weighted by Gasteiger charge is 2.26. The molecule has 0 unspecified atom stereocenters. The van der Waals surface area contributed by atoms with Gasteiger partial charge >= 0.3 is 0 Å². The Labute approximate surface area is 164 Å². The van der Waals surface area contributed by atoms with E-state index in [1.54, 1.807) is 11.3 Å². The van der Waals surface area contributed by atoms with Crippen LogP contribution in [0, 0.1) is 5.92 Å². The molecular formula is C19H18BrN3O2S. The number of thiophene rings is 1. The van der Waals surface area contributed by atoms with Gasteiger partial charge in [0.05, 0.1) is 11.4 Å². The van der Waals surface area contributed by atoms with Crippen LogP contribution in [0.3, 0.4) is 0 Å². The van der Waals surface area contributed by atoms with Crippen molar-refractivity contribution in [1.29, 1.82) is 0 Å². The standard InChI is InChI=1S/C19H18BrN3O2S/c20-15-10-16(26-12-15)19-21-17(25-22-19)11-23-8-6-14(7-9-23)18(24)13-4-2-1-3-5-13/h1-5,10,12,14H,6-9,11H2. The highest BCUT2D eigenvalue weighted by atomic mass is 79.9. The number of aromatic nitrogens is 2. The van der Waals surface area contributed by atoms with Gasteiger partial charge in [-0.2, -0.15) is 4.98 Å². The van der Waals surface area contributed by atoms with Crippen LogP contribution in [-0.2, 0) is 6.54 Å². The van der Waals surface area contributed by atoms with Gasteiger partial charge in [-0.1, -0.05) is 35.5 Å². The quantitative estimate of drug-likeness (QED) is 0.549. The van der Waals surface area contributed by atoms with Crippen molar-refractivity contribution in [3.05, 3.63) is 57.7 Å². The summed E-state index contributed by atoms with van der Waals surface area (Å²) in [5.41, 5.74) is 0.814. The second-order valence-electron chi connectivity index (χ2n) is 6.42. The second-order valence-corrected chi connectivity index (χ2v) is 8.25. The van der Waals surface area contributed by atoms with Crippen LogP contribution in [0.4, 0.5) is 0 Å². The SMILES string of the molecule is O=C(c1ccccc1)C1CCN(Cc2nc(-c3cc(Br)cs3)no2)CC1. The second kappa shape index (κ2) is 7.82. The van der Waals surface area contributed by atoms with Gasteiger partial charge in [0.25, 0.3) is 0 Å². The van der Waals surface area contributed by atoms with E-state index in [2.05, 4.69) is 31.0 Å². The maximum absolute atomic E-state index is 12.6. The van der Waals surface area contributed by atoms with E-state index in [-0.39, 0.29) is 11.7 Å². The van der Waals surface area contributed by atoms with Crippen LogP contribution >= 0.6 is 27.3 Å². The summed E-state index contributed by atoms with van der Waals surface area (Å²) in [5, 5.41) is 6.07. The monoisotopic (exact) mass is 431 g/mol. The Morgan fingerprint density at radius 3 is 2.73 bits per heavy atom. The molecule has 1 saturated heterocycles. The number of halogens is 1. The third kappa shape index (κ3) is 3.95. The van der Waals surface area contributed by atoms with Gasteiger partial charge in [0, 0.05) is 21.3 Å². The molecule has 3 aromatic rings. The van der Waals surface area contributed by atoms with Gasteiger partial charge in [-0.3, -0.25) is 9.69 Å². The minimum Gasteiger partial charge on any atom is -0.338 e. The average Bonchev–Trinajstić information content (AvgIpc) is 3.31. The number of ketones is 1. The number of likely N-dealkylation sites (tertiary alicyclic amines) is 1. The lowest BCUT2D eigenvalue weighted by atomic mass is 9.89. The lowest BCUT2D eigenvalue weighted by molar-refractivity contribution is 0.0825. The van der Waals surface area contributed by atoms with Crippen molar-refractivity contribution in [1.82, 2.24) is 15.0 Å². The highest BCUT2D eigenvalue weighted by Crippen LogP contribution is 2.28. The van der Waals surface area contributed by atoms with Gasteiger partial charge in [0.15, 0.2) is 5.78 Å². The topological polar surface area (TPSA) is 59.2 Å². The molecule has 1 aromatic carbocycles. The number of carbonyl (C=O) groups excluding carboxylic acids is 1. The number of hydrogen-bond acceptors (Lipinski definition) is 6. The summed E-state index contributed by atoms with van der Waals surface area (Å²) in [6, 6.07) is 11.6. The summed E-state index contributed by atoms with van der Waals surface area (Å²) < 4.78 is 6.42. The molecule has 0 atom stereocenters. The maximum Gasteiger partial charge on any atom is 0.241 e. The fourth-order valence-electron chi connectivity index (χ4n) is 3.23. The number of carbonyl (C=O) groups is 1. The van der Waals surface area contributed by atoms with Crippen LogP contribution in [0.1, 0.15) is 29.1 Å². The molecule has 3 heterocycles. The predicted molar refractivity (Wildman–Crippen MR) is 104 cm³/mol. The van der Waals surface area contributed by atoms with Crippen molar-refractivity contribution < 1.29 is 9.32 Å². The van der Waals surface area contributed by atoms with Crippen molar-refractivity contribution in [3.8, 4) is 10.7 Å². The first-order valence-electron chi connectivity index (χ1n) is 8.57. The van der Waals surface area contributed by atoms with Crippen LogP contribution in [0.15, 0.2) is 50.8 Å². The van der Waals surface area contributed by atoms with E-state index >= 15 is 0 Å². The molecular weight excluding hydrogens is 414 g/mol. The Morgan fingerprint density at radius 2 is 2.04 bits per heavy atom. The lowest BCUT2D eigenvalue weighted by Crippen LogP contribution is -2.36. The zero-order chi connectivity index (χ0) is 17.9. The van der Waals surface area contributed by atoms with E-state index in [1.165, 1.54) is 0 Å². The van der Waals surface area contributed by atoms with E-state index in [9.17, 15) is 4.79 Å². The first kappa shape index (κ1) is 17.6. The van der Waals surface area contributed by atoms with Gasteiger partial charge in [-0.25, -0.2) is 0 Å². The summed E-state index contributed by atoms with van der Waals surface area (Å²) in [6.07, 6.45) is 1.74. The molecule has 0 bridgehead atoms. The van der Waals surface area contributed by atoms with E-state index < -0.39 is 0 Å². The molecule has 5 nitrogen and oxygen atoms in total.